The van der Waals surface area contributed by atoms with Gasteiger partial charge in [-0.25, -0.2) is 0 Å². The first kappa shape index (κ1) is 9.58. The molecule has 1 aromatic carbocycles. The number of hydrogen-bond acceptors (Lipinski definition) is 3. The Hall–Kier alpha value is -1.51. The molecule has 1 aromatic rings. The molecule has 0 radical (unpaired) electrons. The fourth-order valence-corrected chi connectivity index (χ4v) is 0.881. The van der Waals surface area contributed by atoms with Crippen LogP contribution in [0.4, 0.5) is 0 Å². The van der Waals surface area contributed by atoms with Gasteiger partial charge in [0.05, 0.1) is 6.61 Å². The molecule has 0 unspecified atom stereocenters. The first-order valence-corrected chi connectivity index (χ1v) is 4.21. The molecular formula is C10H13NO2. The number of hydrogen-bond donors (Lipinski definition) is 1. The molecule has 1 rings (SSSR count). The van der Waals surface area contributed by atoms with E-state index >= 15 is 0 Å². The lowest BCUT2D eigenvalue weighted by Crippen LogP contribution is -2.13. The highest BCUT2D eigenvalue weighted by molar-refractivity contribution is 5.74. The van der Waals surface area contributed by atoms with Crippen LogP contribution in [0.3, 0.4) is 0 Å². The van der Waals surface area contributed by atoms with Crippen LogP contribution >= 0.6 is 0 Å². The Balaban J connectivity index is 2.31. The van der Waals surface area contributed by atoms with Gasteiger partial charge in [-0.2, -0.15) is 0 Å². The molecule has 3 heteroatoms. The SMILES string of the molecule is CCOC(=N)COc1ccccc1. The lowest BCUT2D eigenvalue weighted by Gasteiger charge is -2.06. The molecule has 0 aliphatic carbocycles. The van der Waals surface area contributed by atoms with Gasteiger partial charge in [-0.15, -0.1) is 0 Å². The minimum Gasteiger partial charge on any atom is -0.484 e. The minimum atomic E-state index is 0.159. The zero-order chi connectivity index (χ0) is 9.52. The van der Waals surface area contributed by atoms with E-state index in [9.17, 15) is 0 Å². The lowest BCUT2D eigenvalue weighted by molar-refractivity contribution is 0.273. The second kappa shape index (κ2) is 5.19. The van der Waals surface area contributed by atoms with Crippen molar-refractivity contribution in [2.45, 2.75) is 6.92 Å². The van der Waals surface area contributed by atoms with Crippen molar-refractivity contribution in [3.63, 3.8) is 0 Å². The summed E-state index contributed by atoms with van der Waals surface area (Å²) in [5, 5.41) is 7.29. The van der Waals surface area contributed by atoms with Crippen molar-refractivity contribution in [1.82, 2.24) is 0 Å². The summed E-state index contributed by atoms with van der Waals surface area (Å²) in [5.41, 5.74) is 0. The van der Waals surface area contributed by atoms with Gasteiger partial charge in [0, 0.05) is 0 Å². The molecule has 13 heavy (non-hydrogen) atoms. The third kappa shape index (κ3) is 3.60. The van der Waals surface area contributed by atoms with E-state index in [4.69, 9.17) is 14.9 Å². The number of para-hydroxylation sites is 1. The summed E-state index contributed by atoms with van der Waals surface area (Å²) in [5.74, 6) is 0.915. The second-order valence-corrected chi connectivity index (χ2v) is 2.46. The highest BCUT2D eigenvalue weighted by Crippen LogP contribution is 2.07. The number of ether oxygens (including phenoxy) is 2. The summed E-state index contributed by atoms with van der Waals surface area (Å²) in [7, 11) is 0. The van der Waals surface area contributed by atoms with Crippen molar-refractivity contribution in [2.75, 3.05) is 13.2 Å². The van der Waals surface area contributed by atoms with Gasteiger partial charge >= 0.3 is 0 Å². The Morgan fingerprint density at radius 1 is 1.31 bits per heavy atom. The van der Waals surface area contributed by atoms with Gasteiger partial charge in [-0.05, 0) is 19.1 Å². The molecule has 0 fully saturated rings. The smallest absolute Gasteiger partial charge is 0.219 e. The van der Waals surface area contributed by atoms with Crippen LogP contribution in [0.2, 0.25) is 0 Å². The maximum atomic E-state index is 7.29. The predicted octanol–water partition coefficient (Wildman–Crippen LogP) is 2.08. The molecule has 0 spiro atoms. The molecule has 0 amide bonds. The van der Waals surface area contributed by atoms with Crippen LogP contribution in [0.5, 0.6) is 5.75 Å². The molecule has 70 valence electrons. The van der Waals surface area contributed by atoms with Crippen LogP contribution in [0.1, 0.15) is 6.92 Å². The topological polar surface area (TPSA) is 42.3 Å². The van der Waals surface area contributed by atoms with E-state index in [2.05, 4.69) is 0 Å². The van der Waals surface area contributed by atoms with Gasteiger partial charge < -0.3 is 9.47 Å². The van der Waals surface area contributed by atoms with Crippen LogP contribution in [0, 0.1) is 5.41 Å². The molecule has 0 aromatic heterocycles. The van der Waals surface area contributed by atoms with Gasteiger partial charge in [0.2, 0.25) is 5.90 Å². The number of nitrogens with one attached hydrogen (secondary N) is 1. The average molecular weight is 179 g/mol. The lowest BCUT2D eigenvalue weighted by atomic mass is 10.3. The van der Waals surface area contributed by atoms with E-state index in [-0.39, 0.29) is 12.5 Å². The minimum absolute atomic E-state index is 0.159. The summed E-state index contributed by atoms with van der Waals surface area (Å²) in [6.07, 6.45) is 0. The standard InChI is InChI=1S/C10H13NO2/c1-2-12-10(11)8-13-9-6-4-3-5-7-9/h3-7,11H,2,8H2,1H3. The highest BCUT2D eigenvalue weighted by Gasteiger charge is 1.97. The third-order valence-corrected chi connectivity index (χ3v) is 1.43. The van der Waals surface area contributed by atoms with E-state index < -0.39 is 0 Å². The van der Waals surface area contributed by atoms with E-state index in [1.807, 2.05) is 37.3 Å². The van der Waals surface area contributed by atoms with Gasteiger partial charge in [0.1, 0.15) is 5.75 Å². The van der Waals surface area contributed by atoms with Crippen molar-refractivity contribution in [1.29, 1.82) is 5.41 Å². The highest BCUT2D eigenvalue weighted by atomic mass is 16.5. The first-order valence-electron chi connectivity index (χ1n) is 4.21. The van der Waals surface area contributed by atoms with Gasteiger partial charge in [-0.3, -0.25) is 5.41 Å². The van der Waals surface area contributed by atoms with Crippen LogP contribution in [0.15, 0.2) is 30.3 Å². The molecule has 3 nitrogen and oxygen atoms in total. The number of rotatable bonds is 4. The Morgan fingerprint density at radius 2 is 2.00 bits per heavy atom. The fraction of sp³-hybridized carbons (Fsp3) is 0.300. The monoisotopic (exact) mass is 179 g/mol. The normalized spacial score (nSPS) is 9.31. The molecule has 0 aliphatic rings. The van der Waals surface area contributed by atoms with Crippen LogP contribution in [-0.4, -0.2) is 19.1 Å². The molecule has 1 N–H and O–H groups in total. The number of benzene rings is 1. The fourth-order valence-electron chi connectivity index (χ4n) is 0.881. The van der Waals surface area contributed by atoms with E-state index in [1.165, 1.54) is 0 Å². The summed E-state index contributed by atoms with van der Waals surface area (Å²) in [6.45, 7) is 2.55. The van der Waals surface area contributed by atoms with E-state index in [0.717, 1.165) is 5.75 Å². The Kier molecular flexibility index (Phi) is 3.82. The Bertz CT molecular complexity index is 259. The predicted molar refractivity (Wildman–Crippen MR) is 51.3 cm³/mol. The zero-order valence-electron chi connectivity index (χ0n) is 7.62. The van der Waals surface area contributed by atoms with Gasteiger partial charge in [-0.1, -0.05) is 18.2 Å². The molecule has 0 heterocycles. The molecule has 0 bridgehead atoms. The quantitative estimate of drug-likeness (QED) is 0.568. The summed E-state index contributed by atoms with van der Waals surface area (Å²) < 4.78 is 10.2. The van der Waals surface area contributed by atoms with Crippen molar-refractivity contribution in [2.24, 2.45) is 0 Å². The van der Waals surface area contributed by atoms with Crippen molar-refractivity contribution >= 4 is 5.90 Å². The second-order valence-electron chi connectivity index (χ2n) is 2.46. The van der Waals surface area contributed by atoms with E-state index in [0.29, 0.717) is 6.61 Å². The third-order valence-electron chi connectivity index (χ3n) is 1.43. The first-order chi connectivity index (χ1) is 6.33. The van der Waals surface area contributed by atoms with Gasteiger partial charge in [0.15, 0.2) is 6.61 Å². The van der Waals surface area contributed by atoms with Crippen LogP contribution < -0.4 is 4.74 Å². The Labute approximate surface area is 77.8 Å². The molecule has 0 atom stereocenters. The van der Waals surface area contributed by atoms with Crippen molar-refractivity contribution < 1.29 is 9.47 Å². The molecule has 0 saturated heterocycles. The summed E-state index contributed by atoms with van der Waals surface area (Å²) in [6, 6.07) is 9.39. The molecule has 0 saturated carbocycles. The van der Waals surface area contributed by atoms with Crippen molar-refractivity contribution in [3.8, 4) is 5.75 Å². The molecular weight excluding hydrogens is 166 g/mol. The van der Waals surface area contributed by atoms with Crippen LogP contribution in [0.25, 0.3) is 0 Å². The summed E-state index contributed by atoms with van der Waals surface area (Å²) in [4.78, 5) is 0. The molecule has 0 aliphatic heterocycles. The maximum Gasteiger partial charge on any atom is 0.219 e. The van der Waals surface area contributed by atoms with Gasteiger partial charge in [0.25, 0.3) is 0 Å². The largest absolute Gasteiger partial charge is 0.484 e. The Morgan fingerprint density at radius 3 is 2.62 bits per heavy atom. The van der Waals surface area contributed by atoms with E-state index in [1.54, 1.807) is 0 Å². The zero-order valence-corrected chi connectivity index (χ0v) is 7.62. The maximum absolute atomic E-state index is 7.29. The van der Waals surface area contributed by atoms with Crippen molar-refractivity contribution in [3.05, 3.63) is 30.3 Å². The average Bonchev–Trinajstić information content (AvgIpc) is 2.17. The van der Waals surface area contributed by atoms with Crippen LogP contribution in [-0.2, 0) is 4.74 Å². The summed E-state index contributed by atoms with van der Waals surface area (Å²) >= 11 is 0.